The Kier molecular flexibility index (Phi) is 5.12. The fourth-order valence-corrected chi connectivity index (χ4v) is 4.15. The van der Waals surface area contributed by atoms with E-state index in [4.69, 9.17) is 16.3 Å². The first-order valence-electron chi connectivity index (χ1n) is 7.84. The highest BCUT2D eigenvalue weighted by Gasteiger charge is 2.17. The van der Waals surface area contributed by atoms with Gasteiger partial charge in [-0.3, -0.25) is 4.79 Å². The van der Waals surface area contributed by atoms with E-state index in [1.54, 1.807) is 6.07 Å². The summed E-state index contributed by atoms with van der Waals surface area (Å²) in [4.78, 5) is 12.0. The Morgan fingerprint density at radius 3 is 2.84 bits per heavy atom. The third-order valence-electron chi connectivity index (χ3n) is 4.07. The summed E-state index contributed by atoms with van der Waals surface area (Å²) < 4.78 is 33.4. The van der Waals surface area contributed by atoms with Crippen LogP contribution in [0.4, 0.5) is 0 Å². The second kappa shape index (κ2) is 7.15. The molecule has 7 nitrogen and oxygen atoms in total. The van der Waals surface area contributed by atoms with Crippen LogP contribution in [0.15, 0.2) is 34.0 Å². The summed E-state index contributed by atoms with van der Waals surface area (Å²) in [6, 6.07) is 5.81. The van der Waals surface area contributed by atoms with Gasteiger partial charge in [-0.2, -0.15) is 5.10 Å². The summed E-state index contributed by atoms with van der Waals surface area (Å²) >= 11 is 5.97. The van der Waals surface area contributed by atoms with Gasteiger partial charge >= 0.3 is 0 Å². The molecule has 3 rings (SSSR count). The Hall–Kier alpha value is -1.90. The van der Waals surface area contributed by atoms with Gasteiger partial charge in [-0.25, -0.2) is 17.8 Å². The molecule has 1 N–H and O–H groups in total. The normalized spacial score (nSPS) is 13.7. The van der Waals surface area contributed by atoms with E-state index in [1.807, 2.05) is 0 Å². The molecule has 0 aliphatic heterocycles. The Morgan fingerprint density at radius 2 is 2.12 bits per heavy atom. The van der Waals surface area contributed by atoms with Gasteiger partial charge in [0.15, 0.2) is 0 Å². The largest absolute Gasteiger partial charge is 0.495 e. The molecule has 0 bridgehead atoms. The number of methoxy groups -OCH3 is 1. The van der Waals surface area contributed by atoms with E-state index in [1.165, 1.54) is 30.0 Å². The molecular formula is C16H18ClN3O4S. The van der Waals surface area contributed by atoms with Gasteiger partial charge in [-0.15, -0.1) is 0 Å². The fraction of sp³-hybridized carbons (Fsp3) is 0.375. The highest BCUT2D eigenvalue weighted by atomic mass is 35.5. The summed E-state index contributed by atoms with van der Waals surface area (Å²) in [6.07, 6.45) is 2.73. The molecule has 0 saturated carbocycles. The summed E-state index contributed by atoms with van der Waals surface area (Å²) in [6.45, 7) is 0.215. The zero-order chi connectivity index (χ0) is 18.0. The quantitative estimate of drug-likeness (QED) is 0.813. The Labute approximate surface area is 150 Å². The number of aryl methyl sites for hydroxylation is 2. The van der Waals surface area contributed by atoms with Crippen LogP contribution in [0.2, 0.25) is 5.02 Å². The van der Waals surface area contributed by atoms with E-state index in [9.17, 15) is 13.2 Å². The fourth-order valence-electron chi connectivity index (χ4n) is 2.78. The summed E-state index contributed by atoms with van der Waals surface area (Å²) in [5, 5.41) is 4.52. The lowest BCUT2D eigenvalue weighted by Crippen LogP contribution is -2.32. The van der Waals surface area contributed by atoms with Gasteiger partial charge in [0.25, 0.3) is 5.56 Å². The van der Waals surface area contributed by atoms with Crippen LogP contribution in [0.3, 0.4) is 0 Å². The van der Waals surface area contributed by atoms with Crippen molar-refractivity contribution in [2.45, 2.75) is 30.7 Å². The van der Waals surface area contributed by atoms with Gasteiger partial charge in [0, 0.05) is 12.6 Å². The SMILES string of the molecule is COc1ccc(S(=O)(=O)NCCn2nc3c(cc2=O)CCC3)cc1Cl. The smallest absolute Gasteiger partial charge is 0.267 e. The van der Waals surface area contributed by atoms with Crippen molar-refractivity contribution in [2.75, 3.05) is 13.7 Å². The third kappa shape index (κ3) is 3.86. The number of nitrogens with one attached hydrogen (secondary N) is 1. The van der Waals surface area contributed by atoms with E-state index in [0.717, 1.165) is 30.5 Å². The molecule has 0 fully saturated rings. The predicted octanol–water partition coefficient (Wildman–Crippen LogP) is 1.37. The van der Waals surface area contributed by atoms with Gasteiger partial charge in [0.05, 0.1) is 29.3 Å². The molecule has 1 aliphatic rings. The molecule has 1 heterocycles. The van der Waals surface area contributed by atoms with Crippen molar-refractivity contribution < 1.29 is 13.2 Å². The molecule has 9 heteroatoms. The lowest BCUT2D eigenvalue weighted by Gasteiger charge is -2.10. The standard InChI is InChI=1S/C16H18ClN3O4S/c1-24-15-6-5-12(10-13(15)17)25(22,23)18-7-8-20-16(21)9-11-3-2-4-14(11)19-20/h5-6,9-10,18H,2-4,7-8H2,1H3. The maximum atomic E-state index is 12.3. The van der Waals surface area contributed by atoms with Crippen molar-refractivity contribution >= 4 is 21.6 Å². The average molecular weight is 384 g/mol. The van der Waals surface area contributed by atoms with Gasteiger partial charge in [0.1, 0.15) is 5.75 Å². The summed E-state index contributed by atoms with van der Waals surface area (Å²) in [7, 11) is -2.28. The second-order valence-electron chi connectivity index (χ2n) is 5.73. The van der Waals surface area contributed by atoms with Crippen molar-refractivity contribution in [3.05, 3.63) is 50.9 Å². The molecule has 1 aliphatic carbocycles. The number of hydrogen-bond acceptors (Lipinski definition) is 5. The lowest BCUT2D eigenvalue weighted by atomic mass is 10.2. The lowest BCUT2D eigenvalue weighted by molar-refractivity contribution is 0.414. The Bertz CT molecular complexity index is 956. The molecule has 1 aromatic heterocycles. The van der Waals surface area contributed by atoms with Crippen molar-refractivity contribution in [2.24, 2.45) is 0 Å². The molecule has 0 spiro atoms. The van der Waals surface area contributed by atoms with E-state index in [2.05, 4.69) is 9.82 Å². The second-order valence-corrected chi connectivity index (χ2v) is 7.90. The summed E-state index contributed by atoms with van der Waals surface area (Å²) in [5.41, 5.74) is 1.70. The van der Waals surface area contributed by atoms with Gasteiger partial charge < -0.3 is 4.74 Å². The number of ether oxygens (including phenoxy) is 1. The minimum atomic E-state index is -3.74. The monoisotopic (exact) mass is 383 g/mol. The molecule has 0 unspecified atom stereocenters. The minimum Gasteiger partial charge on any atom is -0.495 e. The molecule has 0 radical (unpaired) electrons. The first-order chi connectivity index (χ1) is 11.9. The van der Waals surface area contributed by atoms with Gasteiger partial charge in [-0.1, -0.05) is 11.6 Å². The highest BCUT2D eigenvalue weighted by molar-refractivity contribution is 7.89. The maximum absolute atomic E-state index is 12.3. The zero-order valence-electron chi connectivity index (χ0n) is 13.7. The molecule has 1 aromatic carbocycles. The number of halogens is 1. The maximum Gasteiger partial charge on any atom is 0.267 e. The Morgan fingerprint density at radius 1 is 1.32 bits per heavy atom. The van der Waals surface area contributed by atoms with Crippen LogP contribution in [0, 0.1) is 0 Å². The summed E-state index contributed by atoms with van der Waals surface area (Å²) in [5.74, 6) is 0.398. The number of aromatic nitrogens is 2. The predicted molar refractivity (Wildman–Crippen MR) is 93.7 cm³/mol. The van der Waals surface area contributed by atoms with Crippen LogP contribution in [0.5, 0.6) is 5.75 Å². The molecule has 25 heavy (non-hydrogen) atoms. The topological polar surface area (TPSA) is 90.3 Å². The van der Waals surface area contributed by atoms with Crippen LogP contribution in [-0.4, -0.2) is 31.9 Å². The van der Waals surface area contributed by atoms with E-state index in [0.29, 0.717) is 5.75 Å². The van der Waals surface area contributed by atoms with Crippen molar-refractivity contribution in [3.8, 4) is 5.75 Å². The molecule has 0 saturated heterocycles. The molecule has 0 atom stereocenters. The van der Waals surface area contributed by atoms with Crippen molar-refractivity contribution in [1.82, 2.24) is 14.5 Å². The highest BCUT2D eigenvalue weighted by Crippen LogP contribution is 2.26. The van der Waals surface area contributed by atoms with Crippen molar-refractivity contribution in [1.29, 1.82) is 0 Å². The number of rotatable bonds is 6. The third-order valence-corrected chi connectivity index (χ3v) is 5.83. The van der Waals surface area contributed by atoms with Gasteiger partial charge in [-0.05, 0) is 43.0 Å². The minimum absolute atomic E-state index is 0.0348. The Balaban J connectivity index is 1.69. The number of nitrogens with zero attached hydrogens (tertiary/aromatic N) is 2. The zero-order valence-corrected chi connectivity index (χ0v) is 15.2. The molecule has 2 aromatic rings. The first-order valence-corrected chi connectivity index (χ1v) is 9.70. The van der Waals surface area contributed by atoms with Crippen LogP contribution in [0.1, 0.15) is 17.7 Å². The van der Waals surface area contributed by atoms with E-state index in [-0.39, 0.29) is 28.6 Å². The molecular weight excluding hydrogens is 366 g/mol. The number of sulfonamides is 1. The van der Waals surface area contributed by atoms with Gasteiger partial charge in [0.2, 0.25) is 10.0 Å². The van der Waals surface area contributed by atoms with E-state index < -0.39 is 10.0 Å². The van der Waals surface area contributed by atoms with Crippen LogP contribution in [-0.2, 0) is 29.4 Å². The number of fused-ring (bicyclic) bond motifs is 1. The van der Waals surface area contributed by atoms with Crippen LogP contribution < -0.4 is 15.0 Å². The number of hydrogen-bond donors (Lipinski definition) is 1. The van der Waals surface area contributed by atoms with Crippen LogP contribution >= 0.6 is 11.6 Å². The van der Waals surface area contributed by atoms with E-state index >= 15 is 0 Å². The number of benzene rings is 1. The molecule has 0 amide bonds. The van der Waals surface area contributed by atoms with Crippen molar-refractivity contribution in [3.63, 3.8) is 0 Å². The first kappa shape index (κ1) is 17.9. The average Bonchev–Trinajstić information content (AvgIpc) is 3.01. The molecule has 134 valence electrons. The van der Waals surface area contributed by atoms with Crippen LogP contribution in [0.25, 0.3) is 0 Å².